The van der Waals surface area contributed by atoms with Crippen molar-refractivity contribution in [2.45, 2.75) is 42.5 Å². The van der Waals surface area contributed by atoms with Gasteiger partial charge in [0.05, 0.1) is 23.3 Å². The molecule has 192 valence electrons. The lowest BCUT2D eigenvalue weighted by Gasteiger charge is -2.37. The summed E-state index contributed by atoms with van der Waals surface area (Å²) in [5.74, 6) is 0.205. The summed E-state index contributed by atoms with van der Waals surface area (Å²) in [6, 6.07) is 14.4. The summed E-state index contributed by atoms with van der Waals surface area (Å²) in [5, 5.41) is 21.2. The molecule has 0 saturated heterocycles. The van der Waals surface area contributed by atoms with Crippen LogP contribution < -0.4 is 10.6 Å². The number of ketones is 1. The highest BCUT2D eigenvalue weighted by Gasteiger charge is 2.41. The van der Waals surface area contributed by atoms with E-state index in [1.54, 1.807) is 4.90 Å². The zero-order valence-corrected chi connectivity index (χ0v) is 22.9. The number of aromatic nitrogens is 2. The van der Waals surface area contributed by atoms with Crippen LogP contribution in [-0.2, 0) is 22.6 Å². The van der Waals surface area contributed by atoms with E-state index in [0.29, 0.717) is 53.0 Å². The molecule has 3 aliphatic rings. The second kappa shape index (κ2) is 10.4. The van der Waals surface area contributed by atoms with E-state index in [2.05, 4.69) is 28.4 Å². The quantitative estimate of drug-likeness (QED) is 0.451. The third-order valence-electron chi connectivity index (χ3n) is 7.13. The number of nitrogens with zero attached hydrogens (tertiary/aromatic N) is 5. The van der Waals surface area contributed by atoms with Gasteiger partial charge in [0.25, 0.3) is 0 Å². The molecule has 4 heterocycles. The Hall–Kier alpha value is -3.46. The van der Waals surface area contributed by atoms with Gasteiger partial charge < -0.3 is 10.6 Å². The number of amides is 1. The van der Waals surface area contributed by atoms with Gasteiger partial charge in [-0.05, 0) is 41.8 Å². The molecule has 11 heteroatoms. The fraction of sp³-hybridized carbons (Fsp3) is 0.296. The number of carbonyl (C=O) groups is 2. The summed E-state index contributed by atoms with van der Waals surface area (Å²) in [7, 11) is 0. The van der Waals surface area contributed by atoms with Gasteiger partial charge in [0.15, 0.2) is 10.1 Å². The van der Waals surface area contributed by atoms with Crippen molar-refractivity contribution in [1.29, 1.82) is 5.26 Å². The number of hydrogen-bond donors (Lipinski definition) is 1. The Bertz CT molecular complexity index is 1520. The van der Waals surface area contributed by atoms with Crippen molar-refractivity contribution >= 4 is 51.3 Å². The Morgan fingerprint density at radius 1 is 1.16 bits per heavy atom. The standard InChI is InChI=1S/C27H24N6O2S3/c28-13-18-23(21-9-4-12-36-21)24-19(7-3-8-20(24)34)33(25(18)29)26-30-31-27(38-26)37-15-22(35)32-11-10-16-5-1-2-6-17(16)14-32/h1-2,4-6,9,12,23H,3,7-8,10-11,14-15,29H2. The fourth-order valence-corrected chi connectivity index (χ4v) is 7.95. The second-order valence-electron chi connectivity index (χ2n) is 9.30. The number of nitrogens with two attached hydrogens (primary N) is 1. The van der Waals surface area contributed by atoms with E-state index >= 15 is 0 Å². The van der Waals surface area contributed by atoms with Crippen molar-refractivity contribution in [2.24, 2.45) is 5.73 Å². The Labute approximate surface area is 232 Å². The molecule has 0 radical (unpaired) electrons. The molecular formula is C27H24N6O2S3. The molecule has 1 amide bonds. The van der Waals surface area contributed by atoms with Gasteiger partial charge in [-0.2, -0.15) is 5.26 Å². The zero-order chi connectivity index (χ0) is 26.2. The number of fused-ring (bicyclic) bond motifs is 1. The van der Waals surface area contributed by atoms with Crippen molar-refractivity contribution < 1.29 is 9.59 Å². The minimum atomic E-state index is -0.451. The van der Waals surface area contributed by atoms with E-state index in [0.717, 1.165) is 17.0 Å². The second-order valence-corrected chi connectivity index (χ2v) is 12.5. The normalized spacial score (nSPS) is 19.3. The van der Waals surface area contributed by atoms with Crippen LogP contribution >= 0.6 is 34.4 Å². The van der Waals surface area contributed by atoms with Gasteiger partial charge in [-0.1, -0.05) is 53.4 Å². The molecule has 38 heavy (non-hydrogen) atoms. The molecule has 1 aromatic carbocycles. The highest BCUT2D eigenvalue weighted by atomic mass is 32.2. The zero-order valence-electron chi connectivity index (χ0n) is 20.4. The van der Waals surface area contributed by atoms with E-state index in [4.69, 9.17) is 5.73 Å². The fourth-order valence-electron chi connectivity index (χ4n) is 5.32. The largest absolute Gasteiger partial charge is 0.384 e. The average molecular weight is 561 g/mol. The predicted octanol–water partition coefficient (Wildman–Crippen LogP) is 4.58. The molecule has 8 nitrogen and oxygen atoms in total. The van der Waals surface area contributed by atoms with Crippen LogP contribution in [0.15, 0.2) is 68.8 Å². The summed E-state index contributed by atoms with van der Waals surface area (Å²) < 4.78 is 0.640. The highest BCUT2D eigenvalue weighted by molar-refractivity contribution is 8.01. The lowest BCUT2D eigenvalue weighted by Crippen LogP contribution is -2.38. The first-order valence-electron chi connectivity index (χ1n) is 12.4. The van der Waals surface area contributed by atoms with Gasteiger partial charge in [0.2, 0.25) is 11.0 Å². The molecule has 1 aliphatic carbocycles. The molecule has 2 N–H and O–H groups in total. The number of anilines is 1. The highest BCUT2D eigenvalue weighted by Crippen LogP contribution is 2.48. The summed E-state index contributed by atoms with van der Waals surface area (Å²) in [4.78, 5) is 30.6. The van der Waals surface area contributed by atoms with E-state index in [1.165, 1.54) is 45.6 Å². The van der Waals surface area contributed by atoms with Gasteiger partial charge in [0.1, 0.15) is 5.82 Å². The van der Waals surface area contributed by atoms with Crippen LogP contribution in [0.25, 0.3) is 0 Å². The molecule has 0 bridgehead atoms. The van der Waals surface area contributed by atoms with Gasteiger partial charge >= 0.3 is 0 Å². The lowest BCUT2D eigenvalue weighted by atomic mass is 9.78. The molecule has 6 rings (SSSR count). The third kappa shape index (κ3) is 4.42. The molecule has 3 aromatic rings. The number of allylic oxidation sites excluding steroid dienone is 3. The van der Waals surface area contributed by atoms with Crippen LogP contribution in [0.2, 0.25) is 0 Å². The van der Waals surface area contributed by atoms with Crippen LogP contribution in [0.4, 0.5) is 5.13 Å². The first kappa shape index (κ1) is 24.9. The van der Waals surface area contributed by atoms with E-state index in [1.807, 2.05) is 34.5 Å². The smallest absolute Gasteiger partial charge is 0.233 e. The number of Topliss-reactive ketones (excluding diaryl/α,β-unsaturated/α-hetero) is 1. The number of thioether (sulfide) groups is 1. The predicted molar refractivity (Wildman–Crippen MR) is 148 cm³/mol. The van der Waals surface area contributed by atoms with E-state index in [9.17, 15) is 14.9 Å². The number of carbonyl (C=O) groups excluding carboxylic acids is 2. The Morgan fingerprint density at radius 2 is 2.00 bits per heavy atom. The lowest BCUT2D eigenvalue weighted by molar-refractivity contribution is -0.129. The van der Waals surface area contributed by atoms with Gasteiger partial charge in [-0.3, -0.25) is 14.5 Å². The van der Waals surface area contributed by atoms with Crippen molar-refractivity contribution in [3.63, 3.8) is 0 Å². The number of thiophene rings is 1. The van der Waals surface area contributed by atoms with E-state index < -0.39 is 5.92 Å². The topological polar surface area (TPSA) is 116 Å². The monoisotopic (exact) mass is 560 g/mol. The summed E-state index contributed by atoms with van der Waals surface area (Å²) >= 11 is 4.18. The Morgan fingerprint density at radius 3 is 2.79 bits per heavy atom. The maximum absolute atomic E-state index is 13.2. The number of nitriles is 1. The number of rotatable bonds is 5. The van der Waals surface area contributed by atoms with Crippen LogP contribution in [0.1, 0.15) is 41.2 Å². The molecular weight excluding hydrogens is 537 g/mol. The van der Waals surface area contributed by atoms with Crippen molar-refractivity contribution in [3.8, 4) is 6.07 Å². The first-order valence-corrected chi connectivity index (χ1v) is 15.0. The van der Waals surface area contributed by atoms with Gasteiger partial charge in [-0.25, -0.2) is 0 Å². The van der Waals surface area contributed by atoms with Crippen molar-refractivity contribution in [1.82, 2.24) is 15.1 Å². The summed E-state index contributed by atoms with van der Waals surface area (Å²) in [6.45, 7) is 1.33. The summed E-state index contributed by atoms with van der Waals surface area (Å²) in [6.07, 6.45) is 2.70. The van der Waals surface area contributed by atoms with Crippen LogP contribution in [0.3, 0.4) is 0 Å². The molecule has 0 fully saturated rings. The molecule has 2 aromatic heterocycles. The third-order valence-corrected chi connectivity index (χ3v) is 10.1. The molecule has 0 saturated carbocycles. The molecule has 1 atom stereocenters. The van der Waals surface area contributed by atoms with E-state index in [-0.39, 0.29) is 23.3 Å². The average Bonchev–Trinajstić information content (AvgIpc) is 3.64. The van der Waals surface area contributed by atoms with Crippen LogP contribution in [-0.4, -0.2) is 39.1 Å². The van der Waals surface area contributed by atoms with Gasteiger partial charge in [0, 0.05) is 35.7 Å². The molecule has 0 spiro atoms. The number of hydrogen-bond acceptors (Lipinski definition) is 10. The molecule has 2 aliphatic heterocycles. The van der Waals surface area contributed by atoms with Gasteiger partial charge in [-0.15, -0.1) is 21.5 Å². The Kier molecular flexibility index (Phi) is 6.78. The maximum Gasteiger partial charge on any atom is 0.233 e. The van der Waals surface area contributed by atoms with Crippen LogP contribution in [0.5, 0.6) is 0 Å². The first-order chi connectivity index (χ1) is 18.5. The van der Waals surface area contributed by atoms with Crippen molar-refractivity contribution in [2.75, 3.05) is 17.2 Å². The minimum absolute atomic E-state index is 0.0442. The number of benzene rings is 1. The SMILES string of the molecule is N#CC1=C(N)N(c2nnc(SCC(=O)N3CCc4ccccc4C3)s2)C2=C(C(=O)CCC2)C1c1cccs1. The van der Waals surface area contributed by atoms with Crippen LogP contribution in [0, 0.1) is 11.3 Å². The summed E-state index contributed by atoms with van der Waals surface area (Å²) in [5.41, 5.74) is 10.9. The maximum atomic E-state index is 13.2. The van der Waals surface area contributed by atoms with Crippen molar-refractivity contribution in [3.05, 3.63) is 80.4 Å². The minimum Gasteiger partial charge on any atom is -0.384 e. The molecule has 1 unspecified atom stereocenters. The Balaban J connectivity index is 1.23.